The molecular weight excluding hydrogens is 354 g/mol. The third-order valence-electron chi connectivity index (χ3n) is 3.60. The molecule has 132 valence electrons. The smallest absolute Gasteiger partial charge is 0.316 e. The maximum absolute atomic E-state index is 12.0. The molecule has 7 nitrogen and oxygen atoms in total. The van der Waals surface area contributed by atoms with Crippen LogP contribution in [0.4, 0.5) is 10.5 Å². The molecule has 0 spiro atoms. The molecule has 0 atom stereocenters. The summed E-state index contributed by atoms with van der Waals surface area (Å²) in [5.41, 5.74) is 7.87. The first-order valence-corrected chi connectivity index (χ1v) is 8.14. The number of benzene rings is 1. The number of carbonyl (C=O) groups excluding carboxylic acids is 2. The maximum atomic E-state index is 12.0. The van der Waals surface area contributed by atoms with Gasteiger partial charge in [0.15, 0.2) is 5.15 Å². The molecule has 0 fully saturated rings. The summed E-state index contributed by atoms with van der Waals surface area (Å²) < 4.78 is 1.80. The Balaban J connectivity index is 1.61. The van der Waals surface area contributed by atoms with Crippen molar-refractivity contribution < 1.29 is 9.59 Å². The zero-order valence-electron chi connectivity index (χ0n) is 13.6. The van der Waals surface area contributed by atoms with E-state index in [4.69, 9.17) is 17.3 Å². The lowest BCUT2D eigenvalue weighted by atomic mass is 10.2. The van der Waals surface area contributed by atoms with Crippen LogP contribution < -0.4 is 16.4 Å². The summed E-state index contributed by atoms with van der Waals surface area (Å²) >= 11 is 6.12. The van der Waals surface area contributed by atoms with E-state index >= 15 is 0 Å². The molecule has 0 aliphatic rings. The molecule has 3 rings (SSSR count). The fourth-order valence-corrected chi connectivity index (χ4v) is 2.63. The van der Waals surface area contributed by atoms with E-state index in [0.29, 0.717) is 28.7 Å². The predicted octanol–water partition coefficient (Wildman–Crippen LogP) is 2.81. The summed E-state index contributed by atoms with van der Waals surface area (Å²) in [6.07, 6.45) is 4.86. The van der Waals surface area contributed by atoms with Crippen LogP contribution in [0.1, 0.15) is 11.3 Å². The van der Waals surface area contributed by atoms with Gasteiger partial charge in [0.2, 0.25) is 5.91 Å². The number of carbonyl (C=O) groups is 2. The van der Waals surface area contributed by atoms with E-state index < -0.39 is 6.03 Å². The van der Waals surface area contributed by atoms with Gasteiger partial charge in [-0.05, 0) is 35.9 Å². The van der Waals surface area contributed by atoms with Gasteiger partial charge in [-0.3, -0.25) is 9.20 Å². The molecule has 0 saturated heterocycles. The molecule has 0 aliphatic carbocycles. The molecule has 1 aromatic carbocycles. The standard InChI is InChI=1S/C18H16ClN5O2/c19-17-14(24-10-2-1-3-15(24)23-17)8-9-16(25)21-11-12-4-6-13(7-5-12)22-18(20)26/h1-10H,11H2,(H,21,25)(H3,20,22,26)/b9-8+. The van der Waals surface area contributed by atoms with E-state index in [1.807, 2.05) is 24.4 Å². The number of rotatable bonds is 5. The molecule has 26 heavy (non-hydrogen) atoms. The largest absolute Gasteiger partial charge is 0.351 e. The van der Waals surface area contributed by atoms with Gasteiger partial charge >= 0.3 is 6.03 Å². The van der Waals surface area contributed by atoms with E-state index in [1.54, 1.807) is 34.7 Å². The van der Waals surface area contributed by atoms with Crippen LogP contribution in [0.15, 0.2) is 54.7 Å². The van der Waals surface area contributed by atoms with Gasteiger partial charge in [-0.25, -0.2) is 9.78 Å². The Labute approximate surface area is 154 Å². The Morgan fingerprint density at radius 1 is 1.19 bits per heavy atom. The van der Waals surface area contributed by atoms with E-state index in [0.717, 1.165) is 5.56 Å². The average molecular weight is 370 g/mol. The molecule has 3 amide bonds. The SMILES string of the molecule is NC(=O)Nc1ccc(CNC(=O)/C=C/c2c(Cl)nc3ccccn23)cc1. The topological polar surface area (TPSA) is 102 Å². The molecule has 2 heterocycles. The minimum atomic E-state index is -0.623. The third kappa shape index (κ3) is 4.20. The van der Waals surface area contributed by atoms with Crippen LogP contribution in [-0.2, 0) is 11.3 Å². The maximum Gasteiger partial charge on any atom is 0.316 e. The number of fused-ring (bicyclic) bond motifs is 1. The normalized spacial score (nSPS) is 11.0. The third-order valence-corrected chi connectivity index (χ3v) is 3.88. The summed E-state index contributed by atoms with van der Waals surface area (Å²) in [5.74, 6) is -0.258. The molecule has 3 aromatic rings. The number of imidazole rings is 1. The lowest BCUT2D eigenvalue weighted by Crippen LogP contribution is -2.20. The summed E-state index contributed by atoms with van der Waals surface area (Å²) in [6.45, 7) is 0.348. The molecule has 0 saturated carbocycles. The fraction of sp³-hybridized carbons (Fsp3) is 0.0556. The first-order valence-electron chi connectivity index (χ1n) is 7.77. The molecule has 2 aromatic heterocycles. The number of aromatic nitrogens is 2. The van der Waals surface area contributed by atoms with Crippen molar-refractivity contribution in [3.05, 3.63) is 71.1 Å². The number of anilines is 1. The van der Waals surface area contributed by atoms with Crippen LogP contribution in [0.5, 0.6) is 0 Å². The number of amides is 3. The van der Waals surface area contributed by atoms with Gasteiger partial charge in [-0.15, -0.1) is 0 Å². The number of nitrogens with one attached hydrogen (secondary N) is 2. The molecule has 0 unspecified atom stereocenters. The molecular formula is C18H16ClN5O2. The van der Waals surface area contributed by atoms with Crippen LogP contribution >= 0.6 is 11.6 Å². The molecule has 0 bridgehead atoms. The Morgan fingerprint density at radius 2 is 1.96 bits per heavy atom. The van der Waals surface area contributed by atoms with Crippen LogP contribution in [0.25, 0.3) is 11.7 Å². The second-order valence-electron chi connectivity index (χ2n) is 5.45. The van der Waals surface area contributed by atoms with Crippen LogP contribution in [0, 0.1) is 0 Å². The van der Waals surface area contributed by atoms with Gasteiger partial charge in [-0.1, -0.05) is 29.8 Å². The van der Waals surface area contributed by atoms with E-state index in [-0.39, 0.29) is 5.91 Å². The number of hydrogen-bond donors (Lipinski definition) is 3. The highest BCUT2D eigenvalue weighted by molar-refractivity contribution is 6.31. The first kappa shape index (κ1) is 17.5. The second-order valence-corrected chi connectivity index (χ2v) is 5.81. The van der Waals surface area contributed by atoms with E-state index in [9.17, 15) is 9.59 Å². The van der Waals surface area contributed by atoms with Crippen molar-refractivity contribution in [3.63, 3.8) is 0 Å². The Kier molecular flexibility index (Phi) is 5.19. The van der Waals surface area contributed by atoms with Crippen molar-refractivity contribution in [1.29, 1.82) is 0 Å². The number of nitrogens with zero attached hydrogens (tertiary/aromatic N) is 2. The van der Waals surface area contributed by atoms with E-state index in [1.165, 1.54) is 6.08 Å². The average Bonchev–Trinajstić information content (AvgIpc) is 2.94. The number of urea groups is 1. The highest BCUT2D eigenvalue weighted by Gasteiger charge is 2.07. The van der Waals surface area contributed by atoms with Crippen molar-refractivity contribution in [2.75, 3.05) is 5.32 Å². The number of primary amides is 1. The van der Waals surface area contributed by atoms with Crippen molar-refractivity contribution in [2.45, 2.75) is 6.54 Å². The predicted molar refractivity (Wildman–Crippen MR) is 101 cm³/mol. The van der Waals surface area contributed by atoms with Crippen molar-refractivity contribution in [2.24, 2.45) is 5.73 Å². The van der Waals surface area contributed by atoms with Gasteiger partial charge in [-0.2, -0.15) is 0 Å². The van der Waals surface area contributed by atoms with Gasteiger partial charge in [0.05, 0.1) is 5.69 Å². The number of halogens is 1. The monoisotopic (exact) mass is 369 g/mol. The highest BCUT2D eigenvalue weighted by Crippen LogP contribution is 2.18. The van der Waals surface area contributed by atoms with Crippen LogP contribution in [0.2, 0.25) is 5.15 Å². The van der Waals surface area contributed by atoms with Crippen molar-refractivity contribution in [3.8, 4) is 0 Å². The van der Waals surface area contributed by atoms with Crippen LogP contribution in [-0.4, -0.2) is 21.3 Å². The lowest BCUT2D eigenvalue weighted by molar-refractivity contribution is -0.116. The summed E-state index contributed by atoms with van der Waals surface area (Å²) in [5, 5.41) is 5.58. The second kappa shape index (κ2) is 7.71. The lowest BCUT2D eigenvalue weighted by Gasteiger charge is -2.05. The summed E-state index contributed by atoms with van der Waals surface area (Å²) in [4.78, 5) is 27.0. The molecule has 0 aliphatic heterocycles. The van der Waals surface area contributed by atoms with Crippen LogP contribution in [0.3, 0.4) is 0 Å². The summed E-state index contributed by atoms with van der Waals surface area (Å²) in [7, 11) is 0. The van der Waals surface area contributed by atoms with Gasteiger partial charge < -0.3 is 16.4 Å². The minimum Gasteiger partial charge on any atom is -0.351 e. The number of nitrogens with two attached hydrogens (primary N) is 1. The fourth-order valence-electron chi connectivity index (χ4n) is 2.39. The Hall–Kier alpha value is -3.32. The van der Waals surface area contributed by atoms with Gasteiger partial charge in [0, 0.05) is 24.5 Å². The van der Waals surface area contributed by atoms with Crippen molar-refractivity contribution >= 4 is 40.9 Å². The highest BCUT2D eigenvalue weighted by atomic mass is 35.5. The number of pyridine rings is 1. The van der Waals surface area contributed by atoms with Crippen molar-refractivity contribution in [1.82, 2.24) is 14.7 Å². The molecule has 8 heteroatoms. The summed E-state index contributed by atoms with van der Waals surface area (Å²) in [6, 6.07) is 11.9. The zero-order valence-corrected chi connectivity index (χ0v) is 14.4. The Bertz CT molecular complexity index is 979. The van der Waals surface area contributed by atoms with E-state index in [2.05, 4.69) is 15.6 Å². The van der Waals surface area contributed by atoms with Gasteiger partial charge in [0.25, 0.3) is 0 Å². The van der Waals surface area contributed by atoms with Gasteiger partial charge in [0.1, 0.15) is 5.65 Å². The molecule has 4 N–H and O–H groups in total. The Morgan fingerprint density at radius 3 is 2.69 bits per heavy atom. The number of hydrogen-bond acceptors (Lipinski definition) is 3. The molecule has 0 radical (unpaired) electrons. The quantitative estimate of drug-likeness (QED) is 0.602. The first-order chi connectivity index (χ1) is 12.5. The zero-order chi connectivity index (χ0) is 18.5. The minimum absolute atomic E-state index is 0.258.